The lowest BCUT2D eigenvalue weighted by Gasteiger charge is -2.44. The van der Waals surface area contributed by atoms with Crippen LogP contribution in [0.25, 0.3) is 0 Å². The second-order valence-electron chi connectivity index (χ2n) is 7.88. The maximum absolute atomic E-state index is 12.2. The molecule has 118 valence electrons. The fourth-order valence-electron chi connectivity index (χ4n) is 3.87. The molecule has 0 aromatic carbocycles. The van der Waals surface area contributed by atoms with Crippen LogP contribution >= 0.6 is 0 Å². The molecule has 2 saturated carbocycles. The Hall–Kier alpha value is -1.52. The van der Waals surface area contributed by atoms with Gasteiger partial charge in [0.05, 0.1) is 11.0 Å². The van der Waals surface area contributed by atoms with Gasteiger partial charge in [0.1, 0.15) is 5.60 Å². The number of carbonyl (C=O) groups excluding carboxylic acids is 1. The molecule has 2 N–H and O–H groups in total. The predicted octanol–water partition coefficient (Wildman–Crippen LogP) is 3.10. The summed E-state index contributed by atoms with van der Waals surface area (Å²) in [6.07, 6.45) is 1.04. The van der Waals surface area contributed by atoms with E-state index in [9.17, 15) is 14.7 Å². The zero-order valence-electron chi connectivity index (χ0n) is 13.5. The summed E-state index contributed by atoms with van der Waals surface area (Å²) in [6, 6.07) is 0. The third-order valence-electron chi connectivity index (χ3n) is 5.26. The Morgan fingerprint density at radius 1 is 1.29 bits per heavy atom. The molecule has 0 heterocycles. The van der Waals surface area contributed by atoms with Crippen LogP contribution in [0, 0.1) is 10.8 Å². The Morgan fingerprint density at radius 2 is 1.86 bits per heavy atom. The molecule has 2 aliphatic rings. The molecule has 0 saturated heterocycles. The second kappa shape index (κ2) is 4.24. The molecule has 5 heteroatoms. The molecule has 2 bridgehead atoms. The Labute approximate surface area is 125 Å². The van der Waals surface area contributed by atoms with Crippen molar-refractivity contribution >= 4 is 12.1 Å². The van der Waals surface area contributed by atoms with E-state index in [1.54, 1.807) is 20.8 Å². The van der Waals surface area contributed by atoms with E-state index in [2.05, 4.69) is 11.9 Å². The van der Waals surface area contributed by atoms with Gasteiger partial charge in [0.15, 0.2) is 0 Å². The summed E-state index contributed by atoms with van der Waals surface area (Å²) < 4.78 is 5.34. The SMILES string of the molecule is C=C1C(C)(C)[C@@]2(NC(=O)OC(C)(C)C)CC[C@]1(C(=O)O)C2. The summed E-state index contributed by atoms with van der Waals surface area (Å²) in [7, 11) is 0. The number of carboxylic acids is 1. The zero-order valence-corrected chi connectivity index (χ0v) is 13.5. The molecule has 21 heavy (non-hydrogen) atoms. The highest BCUT2D eigenvalue weighted by molar-refractivity contribution is 5.82. The van der Waals surface area contributed by atoms with Gasteiger partial charge >= 0.3 is 12.1 Å². The van der Waals surface area contributed by atoms with Gasteiger partial charge in [0.2, 0.25) is 0 Å². The highest BCUT2D eigenvalue weighted by Crippen LogP contribution is 2.67. The Bertz CT molecular complexity index is 517. The Kier molecular flexibility index (Phi) is 3.20. The lowest BCUT2D eigenvalue weighted by Crippen LogP contribution is -2.56. The van der Waals surface area contributed by atoms with E-state index in [1.807, 2.05) is 13.8 Å². The van der Waals surface area contributed by atoms with Crippen molar-refractivity contribution in [3.8, 4) is 0 Å². The molecular formula is C16H25NO4. The normalized spacial score (nSPS) is 33.9. The number of carbonyl (C=O) groups is 2. The van der Waals surface area contributed by atoms with Crippen molar-refractivity contribution in [1.29, 1.82) is 0 Å². The van der Waals surface area contributed by atoms with Gasteiger partial charge in [0, 0.05) is 5.41 Å². The van der Waals surface area contributed by atoms with E-state index in [-0.39, 0.29) is 0 Å². The number of aliphatic carboxylic acids is 1. The minimum Gasteiger partial charge on any atom is -0.481 e. The predicted molar refractivity (Wildman–Crippen MR) is 78.9 cm³/mol. The van der Waals surface area contributed by atoms with Crippen LogP contribution in [-0.2, 0) is 9.53 Å². The average Bonchev–Trinajstić information content (AvgIpc) is 2.73. The first kappa shape index (κ1) is 15.9. The molecule has 0 aromatic rings. The molecule has 2 atom stereocenters. The topological polar surface area (TPSA) is 75.6 Å². The van der Waals surface area contributed by atoms with Gasteiger partial charge < -0.3 is 15.2 Å². The van der Waals surface area contributed by atoms with Crippen LogP contribution in [0.4, 0.5) is 4.79 Å². The highest BCUT2D eigenvalue weighted by atomic mass is 16.6. The van der Waals surface area contributed by atoms with Gasteiger partial charge in [-0.05, 0) is 40.0 Å². The van der Waals surface area contributed by atoms with Gasteiger partial charge in [-0.2, -0.15) is 0 Å². The monoisotopic (exact) mass is 295 g/mol. The average molecular weight is 295 g/mol. The van der Waals surface area contributed by atoms with Crippen molar-refractivity contribution < 1.29 is 19.4 Å². The quantitative estimate of drug-likeness (QED) is 0.768. The molecular weight excluding hydrogens is 270 g/mol. The summed E-state index contributed by atoms with van der Waals surface area (Å²) >= 11 is 0. The maximum atomic E-state index is 12.2. The van der Waals surface area contributed by atoms with Crippen LogP contribution < -0.4 is 5.32 Å². The van der Waals surface area contributed by atoms with E-state index in [0.29, 0.717) is 24.8 Å². The molecule has 0 aliphatic heterocycles. The number of rotatable bonds is 2. The number of fused-ring (bicyclic) bond motifs is 2. The van der Waals surface area contributed by atoms with E-state index in [4.69, 9.17) is 4.74 Å². The van der Waals surface area contributed by atoms with E-state index >= 15 is 0 Å². The zero-order chi connectivity index (χ0) is 16.3. The summed E-state index contributed by atoms with van der Waals surface area (Å²) in [5.41, 5.74) is -1.86. The van der Waals surface area contributed by atoms with E-state index in [0.717, 1.165) is 0 Å². The number of hydrogen-bond acceptors (Lipinski definition) is 3. The van der Waals surface area contributed by atoms with Crippen LogP contribution in [0.3, 0.4) is 0 Å². The molecule has 2 rings (SSSR count). The molecule has 2 fully saturated rings. The first-order valence-corrected chi connectivity index (χ1v) is 7.31. The first-order valence-electron chi connectivity index (χ1n) is 7.31. The summed E-state index contributed by atoms with van der Waals surface area (Å²) in [5.74, 6) is -0.842. The Morgan fingerprint density at radius 3 is 2.29 bits per heavy atom. The third-order valence-corrected chi connectivity index (χ3v) is 5.26. The number of hydrogen-bond donors (Lipinski definition) is 2. The lowest BCUT2D eigenvalue weighted by molar-refractivity contribution is -0.146. The largest absolute Gasteiger partial charge is 0.481 e. The van der Waals surface area contributed by atoms with Gasteiger partial charge in [-0.3, -0.25) is 4.79 Å². The molecule has 0 unspecified atom stereocenters. The molecule has 5 nitrogen and oxygen atoms in total. The molecule has 0 spiro atoms. The van der Waals surface area contributed by atoms with Crippen molar-refractivity contribution in [3.05, 3.63) is 12.2 Å². The van der Waals surface area contributed by atoms with Crippen LogP contribution in [0.2, 0.25) is 0 Å². The fourth-order valence-corrected chi connectivity index (χ4v) is 3.87. The van der Waals surface area contributed by atoms with Crippen molar-refractivity contribution in [2.75, 3.05) is 0 Å². The fraction of sp³-hybridized carbons (Fsp3) is 0.750. The standard InChI is InChI=1S/C16H25NO4/c1-10-14(5,6)16(17-12(20)21-13(2,3)4)8-7-15(10,9-16)11(18)19/h1,7-9H2,2-6H3,(H,17,20)(H,18,19)/t15-,16+/m0/s1. The molecule has 0 aromatic heterocycles. The minimum atomic E-state index is -0.918. The number of nitrogens with one attached hydrogen (secondary N) is 1. The number of amides is 1. The minimum absolute atomic E-state index is 0.389. The molecule has 1 amide bonds. The third kappa shape index (κ3) is 2.14. The Balaban J connectivity index is 2.29. The summed E-state index contributed by atoms with van der Waals surface area (Å²) in [5, 5.41) is 12.6. The summed E-state index contributed by atoms with van der Waals surface area (Å²) in [6.45, 7) is 13.4. The first-order chi connectivity index (χ1) is 9.36. The van der Waals surface area contributed by atoms with Crippen LogP contribution in [0.5, 0.6) is 0 Å². The van der Waals surface area contributed by atoms with Gasteiger partial charge in [-0.15, -0.1) is 0 Å². The van der Waals surface area contributed by atoms with Crippen LogP contribution in [0.1, 0.15) is 53.9 Å². The van der Waals surface area contributed by atoms with Gasteiger partial charge in [0.25, 0.3) is 0 Å². The van der Waals surface area contributed by atoms with Crippen LogP contribution in [0.15, 0.2) is 12.2 Å². The number of alkyl carbamates (subject to hydrolysis) is 1. The van der Waals surface area contributed by atoms with E-state index < -0.39 is 34.0 Å². The second-order valence-corrected chi connectivity index (χ2v) is 7.88. The van der Waals surface area contributed by atoms with Crippen molar-refractivity contribution in [2.24, 2.45) is 10.8 Å². The van der Waals surface area contributed by atoms with Crippen molar-refractivity contribution in [1.82, 2.24) is 5.32 Å². The summed E-state index contributed by atoms with van der Waals surface area (Å²) in [4.78, 5) is 23.9. The smallest absolute Gasteiger partial charge is 0.408 e. The maximum Gasteiger partial charge on any atom is 0.408 e. The van der Waals surface area contributed by atoms with Gasteiger partial charge in [-0.25, -0.2) is 4.79 Å². The van der Waals surface area contributed by atoms with Gasteiger partial charge in [-0.1, -0.05) is 26.0 Å². The number of carboxylic acid groups (broad SMARTS) is 1. The molecule has 0 radical (unpaired) electrons. The van der Waals surface area contributed by atoms with Crippen LogP contribution in [-0.4, -0.2) is 28.3 Å². The molecule has 2 aliphatic carbocycles. The van der Waals surface area contributed by atoms with Crippen molar-refractivity contribution in [3.63, 3.8) is 0 Å². The number of ether oxygens (including phenoxy) is 1. The highest BCUT2D eigenvalue weighted by Gasteiger charge is 2.70. The lowest BCUT2D eigenvalue weighted by atomic mass is 9.65. The van der Waals surface area contributed by atoms with E-state index in [1.165, 1.54) is 0 Å². The van der Waals surface area contributed by atoms with Crippen molar-refractivity contribution in [2.45, 2.75) is 65.0 Å².